The van der Waals surface area contributed by atoms with Crippen molar-refractivity contribution in [2.75, 3.05) is 13.1 Å². The second-order valence-corrected chi connectivity index (χ2v) is 4.53. The second-order valence-electron chi connectivity index (χ2n) is 4.53. The lowest BCUT2D eigenvalue weighted by Gasteiger charge is -2.31. The molecule has 104 valence electrons. The predicted molar refractivity (Wildman–Crippen MR) is 68.1 cm³/mol. The van der Waals surface area contributed by atoms with Crippen molar-refractivity contribution in [2.24, 2.45) is 0 Å². The van der Waals surface area contributed by atoms with E-state index in [1.165, 1.54) is 6.20 Å². The molecule has 2 aromatic rings. The van der Waals surface area contributed by atoms with Gasteiger partial charge < -0.3 is 14.2 Å². The van der Waals surface area contributed by atoms with E-state index in [0.29, 0.717) is 19.0 Å². The Balaban J connectivity index is 1.53. The summed E-state index contributed by atoms with van der Waals surface area (Å²) >= 11 is 0. The lowest BCUT2D eigenvalue weighted by molar-refractivity contribution is 0.0550. The maximum absolute atomic E-state index is 12.1. The van der Waals surface area contributed by atoms with E-state index in [4.69, 9.17) is 9.26 Å². The summed E-state index contributed by atoms with van der Waals surface area (Å²) in [5.74, 6) is 0.672. The highest BCUT2D eigenvalue weighted by Gasteiger charge is 2.26. The number of rotatable bonds is 3. The van der Waals surface area contributed by atoms with Gasteiger partial charge in [-0.1, -0.05) is 5.16 Å². The van der Waals surface area contributed by atoms with E-state index in [-0.39, 0.29) is 17.8 Å². The van der Waals surface area contributed by atoms with E-state index in [0.717, 1.165) is 12.8 Å². The van der Waals surface area contributed by atoms with Crippen LogP contribution in [0, 0.1) is 0 Å². The predicted octanol–water partition coefficient (Wildman–Crippen LogP) is 1.15. The summed E-state index contributed by atoms with van der Waals surface area (Å²) in [5.41, 5.74) is 0. The molecule has 3 rings (SSSR count). The van der Waals surface area contributed by atoms with Crippen molar-refractivity contribution < 1.29 is 14.1 Å². The van der Waals surface area contributed by atoms with Crippen molar-refractivity contribution >= 4 is 5.91 Å². The summed E-state index contributed by atoms with van der Waals surface area (Å²) in [4.78, 5) is 21.8. The van der Waals surface area contributed by atoms with Gasteiger partial charge in [-0.25, -0.2) is 4.98 Å². The van der Waals surface area contributed by atoms with Crippen molar-refractivity contribution in [1.29, 1.82) is 0 Å². The van der Waals surface area contributed by atoms with Gasteiger partial charge >= 0.3 is 0 Å². The number of nitrogens with zero attached hydrogens (tertiary/aromatic N) is 4. The summed E-state index contributed by atoms with van der Waals surface area (Å²) in [6, 6.07) is 1.57. The summed E-state index contributed by atoms with van der Waals surface area (Å²) in [6.07, 6.45) is 7.84. The van der Waals surface area contributed by atoms with Crippen LogP contribution in [-0.2, 0) is 0 Å². The van der Waals surface area contributed by atoms with Crippen molar-refractivity contribution in [1.82, 2.24) is 20.0 Å². The molecule has 0 atom stereocenters. The van der Waals surface area contributed by atoms with Crippen molar-refractivity contribution in [3.05, 3.63) is 36.6 Å². The molecular formula is C13H14N4O3. The monoisotopic (exact) mass is 274 g/mol. The number of hydrogen-bond acceptors (Lipinski definition) is 6. The third kappa shape index (κ3) is 2.76. The third-order valence-electron chi connectivity index (χ3n) is 3.20. The topological polar surface area (TPSA) is 81.4 Å². The van der Waals surface area contributed by atoms with E-state index in [9.17, 15) is 4.79 Å². The van der Waals surface area contributed by atoms with Crippen LogP contribution in [0.15, 0.2) is 35.4 Å². The average Bonchev–Trinajstić information content (AvgIpc) is 3.03. The average molecular weight is 274 g/mol. The Bertz CT molecular complexity index is 550. The molecule has 7 nitrogen and oxygen atoms in total. The minimum atomic E-state index is -0.125. The number of ether oxygens (including phenoxy) is 1. The zero-order valence-corrected chi connectivity index (χ0v) is 10.8. The van der Waals surface area contributed by atoms with Gasteiger partial charge in [-0.2, -0.15) is 0 Å². The Hall–Kier alpha value is -2.44. The van der Waals surface area contributed by atoms with Crippen molar-refractivity contribution in [3.63, 3.8) is 0 Å². The molecule has 0 aliphatic carbocycles. The molecule has 0 aromatic carbocycles. The maximum Gasteiger partial charge on any atom is 0.292 e. The molecule has 0 spiro atoms. The fraction of sp³-hybridized carbons (Fsp3) is 0.385. The molecule has 7 heteroatoms. The Morgan fingerprint density at radius 1 is 1.30 bits per heavy atom. The van der Waals surface area contributed by atoms with Gasteiger partial charge in [0.2, 0.25) is 11.6 Å². The molecule has 0 bridgehead atoms. The second kappa shape index (κ2) is 5.68. The largest absolute Gasteiger partial charge is 0.473 e. The van der Waals surface area contributed by atoms with Gasteiger partial charge in [0.05, 0.1) is 12.4 Å². The quantitative estimate of drug-likeness (QED) is 0.835. The zero-order valence-electron chi connectivity index (χ0n) is 10.8. The minimum absolute atomic E-state index is 0.0606. The van der Waals surface area contributed by atoms with Crippen LogP contribution in [0.1, 0.15) is 23.4 Å². The third-order valence-corrected chi connectivity index (χ3v) is 3.20. The Labute approximate surface area is 115 Å². The fourth-order valence-corrected chi connectivity index (χ4v) is 2.18. The molecule has 0 unspecified atom stereocenters. The molecule has 1 aliphatic rings. The fourth-order valence-electron chi connectivity index (χ4n) is 2.18. The molecule has 3 heterocycles. The number of carbonyl (C=O) groups is 1. The molecule has 0 saturated carbocycles. The number of amides is 1. The first-order chi connectivity index (χ1) is 9.83. The summed E-state index contributed by atoms with van der Waals surface area (Å²) in [7, 11) is 0. The first-order valence-electron chi connectivity index (χ1n) is 6.45. The summed E-state index contributed by atoms with van der Waals surface area (Å²) in [5, 5.41) is 3.55. The van der Waals surface area contributed by atoms with Gasteiger partial charge in [-0.15, -0.1) is 0 Å². The molecule has 1 saturated heterocycles. The number of piperidine rings is 1. The Morgan fingerprint density at radius 3 is 2.80 bits per heavy atom. The number of carbonyl (C=O) groups excluding carboxylic acids is 1. The first kappa shape index (κ1) is 12.6. The van der Waals surface area contributed by atoms with Crippen LogP contribution in [0.3, 0.4) is 0 Å². The van der Waals surface area contributed by atoms with Crippen LogP contribution in [0.4, 0.5) is 0 Å². The van der Waals surface area contributed by atoms with Crippen molar-refractivity contribution in [3.8, 4) is 5.88 Å². The normalized spacial score (nSPS) is 16.1. The van der Waals surface area contributed by atoms with Crippen LogP contribution in [0.5, 0.6) is 5.88 Å². The van der Waals surface area contributed by atoms with Gasteiger partial charge in [0, 0.05) is 44.4 Å². The lowest BCUT2D eigenvalue weighted by atomic mass is 10.1. The van der Waals surface area contributed by atoms with Gasteiger partial charge in [0.25, 0.3) is 5.91 Å². The van der Waals surface area contributed by atoms with E-state index in [1.54, 1.807) is 29.6 Å². The van der Waals surface area contributed by atoms with E-state index in [1.807, 2.05) is 0 Å². The Kier molecular flexibility index (Phi) is 3.58. The number of likely N-dealkylation sites (tertiary alicyclic amines) is 1. The molecule has 1 aliphatic heterocycles. The molecule has 2 aromatic heterocycles. The molecule has 1 fully saturated rings. The van der Waals surface area contributed by atoms with Crippen molar-refractivity contribution in [2.45, 2.75) is 18.9 Å². The molecule has 1 amide bonds. The standard InChI is InChI=1S/C13H14N4O3/c18-13(11-1-4-16-20-11)17-7-2-10(3-8-17)19-12-9-14-5-6-15-12/h1,4-6,9-10H,2-3,7-8H2. The smallest absolute Gasteiger partial charge is 0.292 e. The highest BCUT2D eigenvalue weighted by molar-refractivity contribution is 5.91. The van der Waals surface area contributed by atoms with E-state index < -0.39 is 0 Å². The molecule has 0 N–H and O–H groups in total. The van der Waals surface area contributed by atoms with Gasteiger partial charge in [-0.05, 0) is 0 Å². The Morgan fingerprint density at radius 2 is 2.15 bits per heavy atom. The van der Waals surface area contributed by atoms with Crippen LogP contribution < -0.4 is 4.74 Å². The van der Waals surface area contributed by atoms with Crippen LogP contribution in [0.25, 0.3) is 0 Å². The maximum atomic E-state index is 12.1. The lowest BCUT2D eigenvalue weighted by Crippen LogP contribution is -2.41. The van der Waals surface area contributed by atoms with Crippen LogP contribution >= 0.6 is 0 Å². The van der Waals surface area contributed by atoms with Crippen LogP contribution in [-0.4, -0.2) is 45.1 Å². The zero-order chi connectivity index (χ0) is 13.8. The number of aromatic nitrogens is 3. The summed E-state index contributed by atoms with van der Waals surface area (Å²) < 4.78 is 10.6. The first-order valence-corrected chi connectivity index (χ1v) is 6.45. The SMILES string of the molecule is O=C(c1ccno1)N1CCC(Oc2cnccn2)CC1. The van der Waals surface area contributed by atoms with Gasteiger partial charge in [0.1, 0.15) is 6.10 Å². The van der Waals surface area contributed by atoms with E-state index in [2.05, 4.69) is 15.1 Å². The molecular weight excluding hydrogens is 260 g/mol. The van der Waals surface area contributed by atoms with Gasteiger partial charge in [0.15, 0.2) is 0 Å². The van der Waals surface area contributed by atoms with Gasteiger partial charge in [-0.3, -0.25) is 9.78 Å². The van der Waals surface area contributed by atoms with Crippen LogP contribution in [0.2, 0.25) is 0 Å². The highest BCUT2D eigenvalue weighted by Crippen LogP contribution is 2.18. The molecule has 0 radical (unpaired) electrons. The minimum Gasteiger partial charge on any atom is -0.473 e. The molecule has 20 heavy (non-hydrogen) atoms. The highest BCUT2D eigenvalue weighted by atomic mass is 16.5. The summed E-state index contributed by atoms with van der Waals surface area (Å²) in [6.45, 7) is 1.26. The number of hydrogen-bond donors (Lipinski definition) is 0. The van der Waals surface area contributed by atoms with E-state index >= 15 is 0 Å².